The van der Waals surface area contributed by atoms with Crippen LogP contribution in [0.25, 0.3) is 0 Å². The van der Waals surface area contributed by atoms with Crippen molar-refractivity contribution in [1.29, 1.82) is 0 Å². The van der Waals surface area contributed by atoms with Gasteiger partial charge in [-0.3, -0.25) is 0 Å². The molecule has 1 rings (SSSR count). The first kappa shape index (κ1) is 17.3. The van der Waals surface area contributed by atoms with Crippen LogP contribution in [0.2, 0.25) is 0 Å². The maximum absolute atomic E-state index is 11.6. The number of hydrogen-bond acceptors (Lipinski definition) is 4. The van der Waals surface area contributed by atoms with Crippen LogP contribution in [0.4, 0.5) is 10.5 Å². The number of anilines is 1. The monoisotopic (exact) mass is 293 g/mol. The van der Waals surface area contributed by atoms with E-state index in [9.17, 15) is 4.79 Å². The summed E-state index contributed by atoms with van der Waals surface area (Å²) in [5.74, 6) is 0.464. The Kier molecular flexibility index (Phi) is 4.92. The molecule has 0 radical (unpaired) electrons. The number of carbonyl (C=O) groups excluding carboxylic acids is 1. The molecule has 0 fully saturated rings. The van der Waals surface area contributed by atoms with Gasteiger partial charge in [0.25, 0.3) is 0 Å². The minimum atomic E-state index is -0.703. The lowest BCUT2D eigenvalue weighted by Gasteiger charge is -2.28. The van der Waals surface area contributed by atoms with Crippen molar-refractivity contribution in [2.75, 3.05) is 12.3 Å². The van der Waals surface area contributed by atoms with Gasteiger partial charge in [-0.1, -0.05) is 41.5 Å². The van der Waals surface area contributed by atoms with Crippen LogP contribution >= 0.6 is 0 Å². The molecule has 0 aliphatic rings. The standard InChI is InChI=1S/C17H27NO3/c1-8-20-15(19)21-14-10-13(18)11(16(2,3)4)9-12(14)17(5,6)7/h9-10H,8,18H2,1-7H3. The highest BCUT2D eigenvalue weighted by molar-refractivity contribution is 5.67. The van der Waals surface area contributed by atoms with Gasteiger partial charge in [-0.25, -0.2) is 4.79 Å². The Morgan fingerprint density at radius 3 is 2.00 bits per heavy atom. The molecule has 0 saturated heterocycles. The smallest absolute Gasteiger partial charge is 0.434 e. The highest BCUT2D eigenvalue weighted by Gasteiger charge is 2.26. The fourth-order valence-electron chi connectivity index (χ4n) is 2.15. The fourth-order valence-corrected chi connectivity index (χ4v) is 2.15. The highest BCUT2D eigenvalue weighted by atomic mass is 16.7. The molecule has 0 heterocycles. The summed E-state index contributed by atoms with van der Waals surface area (Å²) < 4.78 is 10.2. The van der Waals surface area contributed by atoms with Crippen LogP contribution in [0.1, 0.15) is 59.6 Å². The fraction of sp³-hybridized carbons (Fsp3) is 0.588. The van der Waals surface area contributed by atoms with E-state index in [4.69, 9.17) is 15.2 Å². The van der Waals surface area contributed by atoms with Crippen molar-refractivity contribution in [3.63, 3.8) is 0 Å². The van der Waals surface area contributed by atoms with Gasteiger partial charge in [0.2, 0.25) is 0 Å². The Morgan fingerprint density at radius 2 is 1.57 bits per heavy atom. The van der Waals surface area contributed by atoms with Gasteiger partial charge in [0.1, 0.15) is 5.75 Å². The van der Waals surface area contributed by atoms with E-state index in [1.165, 1.54) is 0 Å². The van der Waals surface area contributed by atoms with Crippen LogP contribution in [-0.4, -0.2) is 12.8 Å². The molecule has 0 amide bonds. The minimum absolute atomic E-state index is 0.0768. The summed E-state index contributed by atoms with van der Waals surface area (Å²) >= 11 is 0. The van der Waals surface area contributed by atoms with E-state index in [-0.39, 0.29) is 17.4 Å². The lowest BCUT2D eigenvalue weighted by Crippen LogP contribution is -2.21. The Morgan fingerprint density at radius 1 is 1.05 bits per heavy atom. The summed E-state index contributed by atoms with van der Waals surface area (Å²) in [5, 5.41) is 0. The zero-order chi connectivity index (χ0) is 16.4. The van der Waals surface area contributed by atoms with Crippen molar-refractivity contribution in [3.8, 4) is 5.75 Å². The molecule has 0 atom stereocenters. The highest BCUT2D eigenvalue weighted by Crippen LogP contribution is 2.39. The molecule has 118 valence electrons. The lowest BCUT2D eigenvalue weighted by molar-refractivity contribution is 0.103. The number of hydrogen-bond donors (Lipinski definition) is 1. The van der Waals surface area contributed by atoms with Crippen LogP contribution in [0.15, 0.2) is 12.1 Å². The van der Waals surface area contributed by atoms with E-state index in [0.717, 1.165) is 11.1 Å². The molecule has 0 saturated carbocycles. The van der Waals surface area contributed by atoms with Crippen molar-refractivity contribution in [3.05, 3.63) is 23.3 Å². The molecule has 0 aliphatic heterocycles. The summed E-state index contributed by atoms with van der Waals surface area (Å²) in [6.07, 6.45) is -0.703. The molecule has 4 heteroatoms. The van der Waals surface area contributed by atoms with Gasteiger partial charge in [-0.05, 0) is 29.4 Å². The summed E-state index contributed by atoms with van der Waals surface area (Å²) in [5.41, 5.74) is 8.49. The number of benzene rings is 1. The molecule has 0 spiro atoms. The first-order valence-electron chi connectivity index (χ1n) is 7.26. The lowest BCUT2D eigenvalue weighted by atomic mass is 9.79. The van der Waals surface area contributed by atoms with E-state index in [1.807, 2.05) is 6.07 Å². The first-order valence-corrected chi connectivity index (χ1v) is 7.26. The van der Waals surface area contributed by atoms with E-state index in [2.05, 4.69) is 41.5 Å². The third-order valence-electron chi connectivity index (χ3n) is 3.22. The molecular weight excluding hydrogens is 266 g/mol. The van der Waals surface area contributed by atoms with Crippen LogP contribution in [0.3, 0.4) is 0 Å². The second-order valence-electron chi connectivity index (χ2n) is 7.22. The Hall–Kier alpha value is -1.71. The predicted octanol–water partition coefficient (Wildman–Crippen LogP) is 4.40. The normalized spacial score (nSPS) is 12.1. The van der Waals surface area contributed by atoms with Crippen molar-refractivity contribution < 1.29 is 14.3 Å². The third kappa shape index (κ3) is 4.38. The number of nitrogen functional groups attached to an aromatic ring is 1. The van der Waals surface area contributed by atoms with Crippen molar-refractivity contribution in [1.82, 2.24) is 0 Å². The van der Waals surface area contributed by atoms with Crippen LogP contribution in [0.5, 0.6) is 5.75 Å². The van der Waals surface area contributed by atoms with Crippen LogP contribution in [0, 0.1) is 0 Å². The summed E-state index contributed by atoms with van der Waals surface area (Å²) in [6.45, 7) is 14.6. The maximum Gasteiger partial charge on any atom is 0.513 e. The second kappa shape index (κ2) is 5.96. The molecule has 1 aromatic rings. The molecule has 0 unspecified atom stereocenters. The number of rotatable bonds is 2. The van der Waals surface area contributed by atoms with Gasteiger partial charge in [0, 0.05) is 17.3 Å². The second-order valence-corrected chi connectivity index (χ2v) is 7.22. The number of carbonyl (C=O) groups is 1. The predicted molar refractivity (Wildman–Crippen MR) is 85.9 cm³/mol. The van der Waals surface area contributed by atoms with E-state index in [0.29, 0.717) is 11.4 Å². The zero-order valence-corrected chi connectivity index (χ0v) is 14.2. The quantitative estimate of drug-likeness (QED) is 0.499. The Balaban J connectivity index is 3.37. The van der Waals surface area contributed by atoms with Gasteiger partial charge in [-0.15, -0.1) is 0 Å². The Bertz CT molecular complexity index is 522. The largest absolute Gasteiger partial charge is 0.513 e. The molecule has 0 aliphatic carbocycles. The van der Waals surface area contributed by atoms with Crippen molar-refractivity contribution in [2.24, 2.45) is 0 Å². The number of ether oxygens (including phenoxy) is 2. The first-order chi connectivity index (χ1) is 9.46. The molecule has 1 aromatic carbocycles. The molecule has 2 N–H and O–H groups in total. The van der Waals surface area contributed by atoms with E-state index < -0.39 is 6.16 Å². The SMILES string of the molecule is CCOC(=O)Oc1cc(N)c(C(C)(C)C)cc1C(C)(C)C. The molecule has 0 aromatic heterocycles. The average Bonchev–Trinajstić information content (AvgIpc) is 2.25. The van der Waals surface area contributed by atoms with E-state index in [1.54, 1.807) is 13.0 Å². The zero-order valence-electron chi connectivity index (χ0n) is 14.2. The van der Waals surface area contributed by atoms with Crippen molar-refractivity contribution >= 4 is 11.8 Å². The molecular formula is C17H27NO3. The minimum Gasteiger partial charge on any atom is -0.434 e. The van der Waals surface area contributed by atoms with Crippen molar-refractivity contribution in [2.45, 2.75) is 59.3 Å². The summed E-state index contributed by atoms with van der Waals surface area (Å²) in [7, 11) is 0. The molecule has 0 bridgehead atoms. The Labute approximate surface area is 127 Å². The van der Waals surface area contributed by atoms with E-state index >= 15 is 0 Å². The average molecular weight is 293 g/mol. The van der Waals surface area contributed by atoms with Gasteiger partial charge in [0.05, 0.1) is 6.61 Å². The van der Waals surface area contributed by atoms with Gasteiger partial charge in [-0.2, -0.15) is 0 Å². The van der Waals surface area contributed by atoms with Gasteiger partial charge in [0.15, 0.2) is 0 Å². The molecule has 21 heavy (non-hydrogen) atoms. The third-order valence-corrected chi connectivity index (χ3v) is 3.22. The van der Waals surface area contributed by atoms with Gasteiger partial charge >= 0.3 is 6.16 Å². The maximum atomic E-state index is 11.6. The molecule has 4 nitrogen and oxygen atoms in total. The summed E-state index contributed by atoms with van der Waals surface area (Å²) in [4.78, 5) is 11.6. The summed E-state index contributed by atoms with van der Waals surface area (Å²) in [6, 6.07) is 3.75. The van der Waals surface area contributed by atoms with Crippen LogP contribution in [-0.2, 0) is 15.6 Å². The number of nitrogens with two attached hydrogens (primary N) is 1. The van der Waals surface area contributed by atoms with Crippen LogP contribution < -0.4 is 10.5 Å². The topological polar surface area (TPSA) is 61.5 Å². The van der Waals surface area contributed by atoms with Gasteiger partial charge < -0.3 is 15.2 Å².